The molecule has 2 heterocycles. The molecule has 0 spiro atoms. The van der Waals surface area contributed by atoms with Crippen LogP contribution in [0, 0.1) is 25.7 Å². The van der Waals surface area contributed by atoms with E-state index in [9.17, 15) is 19.5 Å². The number of carboxylic acid groups (broad SMARTS) is 1. The number of ether oxygens (including phenoxy) is 2. The van der Waals surface area contributed by atoms with Crippen LogP contribution in [0.4, 0.5) is 0 Å². The molecule has 2 aliphatic rings. The van der Waals surface area contributed by atoms with E-state index < -0.39 is 41.8 Å². The molecule has 2 saturated heterocycles. The molecule has 3 N–H and O–H groups in total. The first-order valence-corrected chi connectivity index (χ1v) is 9.02. The van der Waals surface area contributed by atoms with Crippen LogP contribution in [0.1, 0.15) is 24.0 Å². The summed E-state index contributed by atoms with van der Waals surface area (Å²) in [7, 11) is 0. The first kappa shape index (κ1) is 19.4. The smallest absolute Gasteiger partial charge is 0.310 e. The molecule has 0 aromatic heterocycles. The van der Waals surface area contributed by atoms with Gasteiger partial charge < -0.3 is 14.6 Å². The standard InChI is InChI=1S/C18H21ClN2O6/c1-8-5-10(6-9(2)16(8)19)26-7-13(22)20-21-17(23)14-11-3-4-12(27-11)15(14)18(24)25/h5-6,11-12,14-15H,3-4,7H2,1-2H3,(H,20,22)(H,21,23)(H,24,25)/t11-,12-,14-,15-/m0/s1. The lowest BCUT2D eigenvalue weighted by Crippen LogP contribution is -2.51. The number of nitrogens with one attached hydrogen (secondary N) is 2. The fraction of sp³-hybridized carbons (Fsp3) is 0.500. The van der Waals surface area contributed by atoms with E-state index in [0.29, 0.717) is 23.6 Å². The van der Waals surface area contributed by atoms with Crippen molar-refractivity contribution in [1.29, 1.82) is 0 Å². The van der Waals surface area contributed by atoms with Crippen molar-refractivity contribution in [2.45, 2.75) is 38.9 Å². The van der Waals surface area contributed by atoms with Crippen LogP contribution in [0.2, 0.25) is 5.02 Å². The average molecular weight is 397 g/mol. The summed E-state index contributed by atoms with van der Waals surface area (Å²) in [5.41, 5.74) is 6.19. The molecule has 8 nitrogen and oxygen atoms in total. The summed E-state index contributed by atoms with van der Waals surface area (Å²) in [5, 5.41) is 9.97. The Bertz CT molecular complexity index is 760. The summed E-state index contributed by atoms with van der Waals surface area (Å²) in [6.07, 6.45) is 0.396. The normalized spacial score (nSPS) is 25.9. The maximum absolute atomic E-state index is 12.3. The Kier molecular flexibility index (Phi) is 5.57. The van der Waals surface area contributed by atoms with Gasteiger partial charge in [0.15, 0.2) is 6.61 Å². The van der Waals surface area contributed by atoms with Crippen LogP contribution in [-0.4, -0.2) is 41.7 Å². The number of halogens is 1. The highest BCUT2D eigenvalue weighted by Gasteiger charge is 2.55. The second-order valence-electron chi connectivity index (χ2n) is 6.88. The molecule has 2 amide bonds. The Balaban J connectivity index is 1.50. The molecule has 2 aliphatic heterocycles. The minimum Gasteiger partial charge on any atom is -0.484 e. The average Bonchev–Trinajstić information content (AvgIpc) is 3.23. The van der Waals surface area contributed by atoms with Gasteiger partial charge in [-0.3, -0.25) is 25.2 Å². The summed E-state index contributed by atoms with van der Waals surface area (Å²) >= 11 is 6.09. The van der Waals surface area contributed by atoms with Gasteiger partial charge in [-0.05, 0) is 49.9 Å². The molecule has 1 aromatic carbocycles. The Labute approximate surface area is 161 Å². The van der Waals surface area contributed by atoms with Crippen LogP contribution < -0.4 is 15.6 Å². The molecule has 2 fully saturated rings. The summed E-state index contributed by atoms with van der Waals surface area (Å²) in [6, 6.07) is 3.43. The van der Waals surface area contributed by atoms with Gasteiger partial charge in [0.05, 0.1) is 24.0 Å². The predicted molar refractivity (Wildman–Crippen MR) is 95.2 cm³/mol. The van der Waals surface area contributed by atoms with E-state index in [0.717, 1.165) is 11.1 Å². The summed E-state index contributed by atoms with van der Waals surface area (Å²) in [5.74, 6) is -3.42. The van der Waals surface area contributed by atoms with Gasteiger partial charge in [-0.2, -0.15) is 0 Å². The molecule has 2 bridgehead atoms. The van der Waals surface area contributed by atoms with Crippen molar-refractivity contribution in [1.82, 2.24) is 10.9 Å². The number of carbonyl (C=O) groups excluding carboxylic acids is 2. The van der Waals surface area contributed by atoms with Gasteiger partial charge in [0.25, 0.3) is 5.91 Å². The molecule has 4 atom stereocenters. The number of aliphatic carboxylic acids is 1. The Morgan fingerprint density at radius 1 is 1.15 bits per heavy atom. The summed E-state index contributed by atoms with van der Waals surface area (Å²) in [6.45, 7) is 3.36. The fourth-order valence-corrected chi connectivity index (χ4v) is 3.82. The van der Waals surface area contributed by atoms with Gasteiger partial charge >= 0.3 is 5.97 Å². The zero-order valence-corrected chi connectivity index (χ0v) is 15.7. The minimum absolute atomic E-state index is 0.309. The van der Waals surface area contributed by atoms with E-state index in [4.69, 9.17) is 21.1 Å². The first-order chi connectivity index (χ1) is 12.8. The van der Waals surface area contributed by atoms with E-state index in [1.54, 1.807) is 12.1 Å². The second kappa shape index (κ2) is 7.74. The number of rotatable bonds is 5. The minimum atomic E-state index is -1.06. The number of fused-ring (bicyclic) bond motifs is 2. The Morgan fingerprint density at radius 2 is 1.74 bits per heavy atom. The largest absolute Gasteiger partial charge is 0.484 e. The van der Waals surface area contributed by atoms with Crippen LogP contribution in [0.5, 0.6) is 5.75 Å². The molecular weight excluding hydrogens is 376 g/mol. The van der Waals surface area contributed by atoms with Crippen molar-refractivity contribution in [3.8, 4) is 5.75 Å². The van der Waals surface area contributed by atoms with Gasteiger partial charge in [0.1, 0.15) is 5.75 Å². The van der Waals surface area contributed by atoms with Crippen molar-refractivity contribution in [2.24, 2.45) is 11.8 Å². The molecule has 3 rings (SSSR count). The molecule has 0 saturated carbocycles. The predicted octanol–water partition coefficient (Wildman–Crippen LogP) is 1.36. The van der Waals surface area contributed by atoms with Crippen LogP contribution in [0.25, 0.3) is 0 Å². The van der Waals surface area contributed by atoms with Crippen molar-refractivity contribution in [2.75, 3.05) is 6.61 Å². The van der Waals surface area contributed by atoms with Gasteiger partial charge in [0.2, 0.25) is 5.91 Å². The van der Waals surface area contributed by atoms with Crippen molar-refractivity contribution >= 4 is 29.4 Å². The topological polar surface area (TPSA) is 114 Å². The third kappa shape index (κ3) is 4.01. The van der Waals surface area contributed by atoms with Gasteiger partial charge in [-0.1, -0.05) is 11.6 Å². The van der Waals surface area contributed by atoms with Crippen LogP contribution in [-0.2, 0) is 19.1 Å². The third-order valence-electron chi connectivity index (χ3n) is 4.97. The SMILES string of the molecule is Cc1cc(OCC(=O)NNC(=O)[C@@H]2[C@@H](C(=O)O)[C@@H]3CC[C@@H]2O3)cc(C)c1Cl. The van der Waals surface area contributed by atoms with Crippen molar-refractivity contribution < 1.29 is 29.0 Å². The summed E-state index contributed by atoms with van der Waals surface area (Å²) in [4.78, 5) is 35.7. The Hall–Kier alpha value is -2.32. The first-order valence-electron chi connectivity index (χ1n) is 8.64. The van der Waals surface area contributed by atoms with Crippen molar-refractivity contribution in [3.63, 3.8) is 0 Å². The molecule has 146 valence electrons. The molecule has 0 unspecified atom stereocenters. The molecule has 9 heteroatoms. The number of benzene rings is 1. The fourth-order valence-electron chi connectivity index (χ4n) is 3.71. The maximum atomic E-state index is 12.3. The molecular formula is C18H21ClN2O6. The van der Waals surface area contributed by atoms with Gasteiger partial charge in [0, 0.05) is 5.02 Å². The Morgan fingerprint density at radius 3 is 2.33 bits per heavy atom. The number of hydrogen-bond donors (Lipinski definition) is 3. The number of hydrogen-bond acceptors (Lipinski definition) is 5. The van der Waals surface area contributed by atoms with Crippen molar-refractivity contribution in [3.05, 3.63) is 28.3 Å². The zero-order valence-electron chi connectivity index (χ0n) is 15.0. The van der Waals surface area contributed by atoms with Crippen LogP contribution in [0.3, 0.4) is 0 Å². The maximum Gasteiger partial charge on any atom is 0.310 e. The molecule has 0 radical (unpaired) electrons. The van der Waals surface area contributed by atoms with E-state index in [1.165, 1.54) is 0 Å². The van der Waals surface area contributed by atoms with Gasteiger partial charge in [-0.15, -0.1) is 0 Å². The van der Waals surface area contributed by atoms with Gasteiger partial charge in [-0.25, -0.2) is 0 Å². The van der Waals surface area contributed by atoms with Crippen LogP contribution >= 0.6 is 11.6 Å². The third-order valence-corrected chi connectivity index (χ3v) is 5.56. The molecule has 0 aliphatic carbocycles. The molecule has 1 aromatic rings. The summed E-state index contributed by atoms with van der Waals surface area (Å²) < 4.78 is 10.9. The second-order valence-corrected chi connectivity index (χ2v) is 7.26. The lowest BCUT2D eigenvalue weighted by molar-refractivity contribution is -0.148. The lowest BCUT2D eigenvalue weighted by atomic mass is 9.79. The number of amides is 2. The number of carbonyl (C=O) groups is 3. The number of hydrazine groups is 1. The van der Waals surface area contributed by atoms with E-state index in [1.807, 2.05) is 13.8 Å². The number of carboxylic acids is 1. The van der Waals surface area contributed by atoms with E-state index >= 15 is 0 Å². The van der Waals surface area contributed by atoms with E-state index in [-0.39, 0.29) is 6.61 Å². The van der Waals surface area contributed by atoms with Crippen LogP contribution in [0.15, 0.2) is 12.1 Å². The highest BCUT2D eigenvalue weighted by molar-refractivity contribution is 6.32. The highest BCUT2D eigenvalue weighted by atomic mass is 35.5. The quantitative estimate of drug-likeness (QED) is 0.647. The molecule has 27 heavy (non-hydrogen) atoms. The lowest BCUT2D eigenvalue weighted by Gasteiger charge is -2.23. The van der Waals surface area contributed by atoms with E-state index in [2.05, 4.69) is 10.9 Å². The zero-order chi connectivity index (χ0) is 19.7. The highest BCUT2D eigenvalue weighted by Crippen LogP contribution is 2.43. The monoisotopic (exact) mass is 396 g/mol. The number of aryl methyl sites for hydroxylation is 2.